The minimum absolute atomic E-state index is 0.231. The van der Waals surface area contributed by atoms with Gasteiger partial charge in [-0.15, -0.1) is 0 Å². The Bertz CT molecular complexity index is 1110. The monoisotopic (exact) mass is 430 g/mol. The molecule has 9 heteroatoms. The summed E-state index contributed by atoms with van der Waals surface area (Å²) in [4.78, 5) is 2.00. The number of nitrogens with zero attached hydrogens (tertiary/aromatic N) is 4. The summed E-state index contributed by atoms with van der Waals surface area (Å²) in [6.07, 6.45) is -0.353. The van der Waals surface area contributed by atoms with Crippen LogP contribution >= 0.6 is 12.2 Å². The second kappa shape index (κ2) is 8.45. The van der Waals surface area contributed by atoms with E-state index in [1.807, 2.05) is 53.9 Å². The molecule has 158 valence electrons. The Morgan fingerprint density at radius 3 is 2.77 bits per heavy atom. The second-order valence-electron chi connectivity index (χ2n) is 7.19. The van der Waals surface area contributed by atoms with Crippen LogP contribution in [0.15, 0.2) is 42.5 Å². The van der Waals surface area contributed by atoms with E-state index in [4.69, 9.17) is 26.4 Å². The van der Waals surface area contributed by atoms with Crippen molar-refractivity contribution < 1.29 is 18.6 Å². The van der Waals surface area contributed by atoms with Crippen LogP contribution in [0.4, 0.5) is 4.39 Å². The van der Waals surface area contributed by atoms with Crippen molar-refractivity contribution in [2.75, 3.05) is 20.8 Å². The molecule has 1 atom stereocenters. The maximum atomic E-state index is 14.0. The number of halogens is 1. The molecule has 0 amide bonds. The SMILES string of the molecule is COc1ccc(CN(C)Cn2nc(C3COc4ccccc4O3)n(C)c2=S)cc1F. The van der Waals surface area contributed by atoms with E-state index >= 15 is 0 Å². The van der Waals surface area contributed by atoms with Gasteiger partial charge in [0, 0.05) is 13.6 Å². The van der Waals surface area contributed by atoms with E-state index in [1.54, 1.807) is 10.7 Å². The Kier molecular flexibility index (Phi) is 5.74. The fourth-order valence-electron chi connectivity index (χ4n) is 3.42. The Labute approximate surface area is 179 Å². The lowest BCUT2D eigenvalue weighted by Gasteiger charge is -2.25. The van der Waals surface area contributed by atoms with Gasteiger partial charge in [0.25, 0.3) is 0 Å². The molecular weight excluding hydrogens is 407 g/mol. The van der Waals surface area contributed by atoms with Crippen LogP contribution in [0, 0.1) is 10.6 Å². The Morgan fingerprint density at radius 2 is 2.03 bits per heavy atom. The Hall–Kier alpha value is -2.91. The first-order valence-electron chi connectivity index (χ1n) is 9.49. The summed E-state index contributed by atoms with van der Waals surface area (Å²) >= 11 is 5.56. The minimum atomic E-state index is -0.380. The molecule has 0 saturated heterocycles. The number of fused-ring (bicyclic) bond motifs is 1. The number of rotatable bonds is 6. The van der Waals surface area contributed by atoms with Crippen molar-refractivity contribution in [2.24, 2.45) is 7.05 Å². The minimum Gasteiger partial charge on any atom is -0.494 e. The molecule has 0 radical (unpaired) electrons. The number of hydrogen-bond acceptors (Lipinski definition) is 6. The van der Waals surface area contributed by atoms with Gasteiger partial charge in [-0.25, -0.2) is 9.07 Å². The number of methoxy groups -OCH3 is 1. The van der Waals surface area contributed by atoms with Crippen molar-refractivity contribution in [3.8, 4) is 17.2 Å². The van der Waals surface area contributed by atoms with Crippen LogP contribution in [-0.2, 0) is 20.3 Å². The van der Waals surface area contributed by atoms with Gasteiger partial charge in [-0.2, -0.15) is 5.10 Å². The van der Waals surface area contributed by atoms with Crippen LogP contribution in [0.3, 0.4) is 0 Å². The van der Waals surface area contributed by atoms with Gasteiger partial charge >= 0.3 is 0 Å². The van der Waals surface area contributed by atoms with E-state index in [2.05, 4.69) is 5.10 Å². The van der Waals surface area contributed by atoms with Gasteiger partial charge < -0.3 is 18.8 Å². The zero-order valence-corrected chi connectivity index (χ0v) is 17.9. The van der Waals surface area contributed by atoms with Crippen molar-refractivity contribution in [1.82, 2.24) is 19.2 Å². The summed E-state index contributed by atoms with van der Waals surface area (Å²) in [5.74, 6) is 1.95. The van der Waals surface area contributed by atoms with Crippen molar-refractivity contribution in [3.63, 3.8) is 0 Å². The highest BCUT2D eigenvalue weighted by Crippen LogP contribution is 2.35. The first kappa shape index (κ1) is 20.4. The largest absolute Gasteiger partial charge is 0.494 e. The predicted octanol–water partition coefficient (Wildman–Crippen LogP) is 3.70. The average molecular weight is 431 g/mol. The highest BCUT2D eigenvalue weighted by Gasteiger charge is 2.27. The first-order valence-corrected chi connectivity index (χ1v) is 9.90. The molecule has 0 N–H and O–H groups in total. The fourth-order valence-corrected chi connectivity index (χ4v) is 3.61. The number of benzene rings is 2. The summed E-state index contributed by atoms with van der Waals surface area (Å²) in [5.41, 5.74) is 0.832. The molecule has 2 heterocycles. The molecule has 1 aliphatic rings. The summed E-state index contributed by atoms with van der Waals surface area (Å²) in [6, 6.07) is 12.5. The van der Waals surface area contributed by atoms with Crippen molar-refractivity contribution >= 4 is 12.2 Å². The maximum absolute atomic E-state index is 14.0. The summed E-state index contributed by atoms with van der Waals surface area (Å²) in [6.45, 7) is 1.34. The molecule has 4 rings (SSSR count). The molecule has 1 aliphatic heterocycles. The molecule has 2 aromatic carbocycles. The molecule has 0 saturated carbocycles. The topological polar surface area (TPSA) is 53.7 Å². The van der Waals surface area contributed by atoms with Gasteiger partial charge in [-0.05, 0) is 49.1 Å². The number of ether oxygens (including phenoxy) is 3. The lowest BCUT2D eigenvalue weighted by molar-refractivity contribution is 0.0821. The summed E-state index contributed by atoms with van der Waals surface area (Å²) in [7, 11) is 5.24. The van der Waals surface area contributed by atoms with E-state index in [1.165, 1.54) is 13.2 Å². The molecule has 1 aromatic heterocycles. The third kappa shape index (κ3) is 4.03. The molecule has 30 heavy (non-hydrogen) atoms. The van der Waals surface area contributed by atoms with Crippen LogP contribution in [-0.4, -0.2) is 40.0 Å². The Morgan fingerprint density at radius 1 is 1.27 bits per heavy atom. The average Bonchev–Trinajstić information content (AvgIpc) is 3.02. The maximum Gasteiger partial charge on any atom is 0.198 e. The highest BCUT2D eigenvalue weighted by atomic mass is 32.1. The quantitative estimate of drug-likeness (QED) is 0.556. The Balaban J connectivity index is 1.48. The lowest BCUT2D eigenvalue weighted by atomic mass is 10.2. The standard InChI is InChI=1S/C21H23FN4O3S/c1-24(11-14-8-9-16(27-3)15(22)10-14)13-26-21(30)25(2)20(23-26)19-12-28-17-6-4-5-7-18(17)29-19/h4-10,19H,11-13H2,1-3H3. The number of hydrogen-bond donors (Lipinski definition) is 0. The van der Waals surface area contributed by atoms with Gasteiger partial charge in [-0.3, -0.25) is 4.90 Å². The van der Waals surface area contributed by atoms with E-state index in [-0.39, 0.29) is 17.7 Å². The van der Waals surface area contributed by atoms with Gasteiger partial charge in [0.2, 0.25) is 0 Å². The van der Waals surface area contributed by atoms with Crippen LogP contribution in [0.5, 0.6) is 17.2 Å². The number of para-hydroxylation sites is 2. The van der Waals surface area contributed by atoms with Crippen LogP contribution < -0.4 is 14.2 Å². The van der Waals surface area contributed by atoms with E-state index in [9.17, 15) is 4.39 Å². The molecule has 0 bridgehead atoms. The molecule has 0 aliphatic carbocycles. The van der Waals surface area contributed by atoms with E-state index in [0.717, 1.165) is 11.3 Å². The molecule has 3 aromatic rings. The van der Waals surface area contributed by atoms with Crippen molar-refractivity contribution in [2.45, 2.75) is 19.3 Å². The van der Waals surface area contributed by atoms with Crippen LogP contribution in [0.2, 0.25) is 0 Å². The van der Waals surface area contributed by atoms with Gasteiger partial charge in [0.1, 0.15) is 6.61 Å². The van der Waals surface area contributed by atoms with Gasteiger partial charge in [0.05, 0.1) is 13.8 Å². The molecule has 0 spiro atoms. The zero-order valence-electron chi connectivity index (χ0n) is 17.0. The van der Waals surface area contributed by atoms with Crippen LogP contribution in [0.1, 0.15) is 17.5 Å². The van der Waals surface area contributed by atoms with E-state index < -0.39 is 0 Å². The van der Waals surface area contributed by atoms with Crippen molar-refractivity contribution in [1.29, 1.82) is 0 Å². The van der Waals surface area contributed by atoms with Gasteiger partial charge in [0.15, 0.2) is 39.8 Å². The molecular formula is C21H23FN4O3S. The lowest BCUT2D eigenvalue weighted by Crippen LogP contribution is -2.25. The predicted molar refractivity (Wildman–Crippen MR) is 112 cm³/mol. The third-order valence-corrected chi connectivity index (χ3v) is 5.40. The summed E-state index contributed by atoms with van der Waals surface area (Å²) < 4.78 is 34.9. The van der Waals surface area contributed by atoms with Gasteiger partial charge in [-0.1, -0.05) is 18.2 Å². The molecule has 7 nitrogen and oxygen atoms in total. The van der Waals surface area contributed by atoms with E-state index in [0.29, 0.717) is 36.2 Å². The first-order chi connectivity index (χ1) is 14.5. The zero-order chi connectivity index (χ0) is 21.3. The van der Waals surface area contributed by atoms with Crippen LogP contribution in [0.25, 0.3) is 0 Å². The summed E-state index contributed by atoms with van der Waals surface area (Å²) in [5, 5.41) is 4.67. The molecule has 1 unspecified atom stereocenters. The number of aromatic nitrogens is 3. The van der Waals surface area contributed by atoms with Crippen molar-refractivity contribution in [3.05, 3.63) is 64.4 Å². The normalized spacial score (nSPS) is 15.4. The molecule has 0 fully saturated rings. The highest BCUT2D eigenvalue weighted by molar-refractivity contribution is 7.71. The third-order valence-electron chi connectivity index (χ3n) is 4.92. The smallest absolute Gasteiger partial charge is 0.198 e. The fraction of sp³-hybridized carbons (Fsp3) is 0.333. The second-order valence-corrected chi connectivity index (χ2v) is 7.55.